The second-order valence-electron chi connectivity index (χ2n) is 4.26. The number of amides is 1. The van der Waals surface area contributed by atoms with Crippen LogP contribution in [-0.4, -0.2) is 35.2 Å². The largest absolute Gasteiger partial charge is 0.480 e. The number of carbonyl (C=O) groups is 2. The van der Waals surface area contributed by atoms with Crippen LogP contribution in [0.4, 0.5) is 0 Å². The molecule has 0 spiro atoms. The van der Waals surface area contributed by atoms with E-state index in [1.54, 1.807) is 6.08 Å². The average Bonchev–Trinajstić information content (AvgIpc) is 2.55. The van der Waals surface area contributed by atoms with E-state index in [2.05, 4.69) is 5.32 Å². The first-order valence-corrected chi connectivity index (χ1v) is 5.94. The number of aliphatic hydroxyl groups excluding tert-OH is 1. The zero-order valence-corrected chi connectivity index (χ0v) is 9.82. The van der Waals surface area contributed by atoms with E-state index >= 15 is 0 Å². The first-order valence-electron chi connectivity index (χ1n) is 5.94. The summed E-state index contributed by atoms with van der Waals surface area (Å²) in [6, 6.07) is 0. The molecule has 5 nitrogen and oxygen atoms in total. The van der Waals surface area contributed by atoms with Crippen LogP contribution >= 0.6 is 0 Å². The molecule has 1 amide bonds. The van der Waals surface area contributed by atoms with Crippen LogP contribution in [-0.2, 0) is 9.59 Å². The number of aliphatic carboxylic acids is 1. The molecular formula is C12H19NO4. The highest BCUT2D eigenvalue weighted by molar-refractivity contribution is 6.04. The van der Waals surface area contributed by atoms with Gasteiger partial charge in [0.25, 0.3) is 0 Å². The monoisotopic (exact) mass is 241 g/mol. The topological polar surface area (TPSA) is 86.6 Å². The van der Waals surface area contributed by atoms with Gasteiger partial charge in [0.15, 0.2) is 5.41 Å². The second-order valence-corrected chi connectivity index (χ2v) is 4.26. The number of hydrogen-bond donors (Lipinski definition) is 3. The van der Waals surface area contributed by atoms with Crippen LogP contribution in [0.1, 0.15) is 32.1 Å². The summed E-state index contributed by atoms with van der Waals surface area (Å²) in [4.78, 5) is 23.3. The normalized spacial score (nSPS) is 24.1. The Balaban J connectivity index is 2.76. The molecule has 0 fully saturated rings. The van der Waals surface area contributed by atoms with Crippen molar-refractivity contribution in [3.8, 4) is 0 Å². The van der Waals surface area contributed by atoms with Gasteiger partial charge in [-0.15, -0.1) is 0 Å². The lowest BCUT2D eigenvalue weighted by atomic mass is 9.82. The van der Waals surface area contributed by atoms with Crippen molar-refractivity contribution < 1.29 is 19.8 Å². The summed E-state index contributed by atoms with van der Waals surface area (Å²) in [7, 11) is 0. The van der Waals surface area contributed by atoms with Crippen LogP contribution in [0.5, 0.6) is 0 Å². The molecule has 0 radical (unpaired) electrons. The van der Waals surface area contributed by atoms with Crippen LogP contribution in [0, 0.1) is 5.41 Å². The molecule has 0 aromatic rings. The van der Waals surface area contributed by atoms with E-state index in [-0.39, 0.29) is 6.61 Å². The Hall–Kier alpha value is -1.36. The van der Waals surface area contributed by atoms with Crippen molar-refractivity contribution in [1.29, 1.82) is 0 Å². The van der Waals surface area contributed by atoms with Gasteiger partial charge < -0.3 is 15.5 Å². The first-order chi connectivity index (χ1) is 8.13. The maximum Gasteiger partial charge on any atom is 0.323 e. The Morgan fingerprint density at radius 3 is 2.76 bits per heavy atom. The molecule has 0 saturated carbocycles. The van der Waals surface area contributed by atoms with Gasteiger partial charge in [0.05, 0.1) is 0 Å². The van der Waals surface area contributed by atoms with Gasteiger partial charge in [0.2, 0.25) is 5.91 Å². The van der Waals surface area contributed by atoms with Gasteiger partial charge >= 0.3 is 5.97 Å². The molecular weight excluding hydrogens is 222 g/mol. The molecule has 1 aliphatic rings. The number of carbonyl (C=O) groups excluding carboxylic acids is 1. The minimum absolute atomic E-state index is 0.0177. The van der Waals surface area contributed by atoms with E-state index in [1.807, 2.05) is 0 Å². The summed E-state index contributed by atoms with van der Waals surface area (Å²) in [5.74, 6) is -1.58. The van der Waals surface area contributed by atoms with E-state index < -0.39 is 17.3 Å². The highest BCUT2D eigenvalue weighted by Gasteiger charge is 2.43. The number of rotatable bonds is 5. The fourth-order valence-corrected chi connectivity index (χ4v) is 1.94. The Morgan fingerprint density at radius 2 is 2.12 bits per heavy atom. The molecule has 1 rings (SSSR count). The smallest absolute Gasteiger partial charge is 0.323 e. The highest BCUT2D eigenvalue weighted by atomic mass is 16.4. The van der Waals surface area contributed by atoms with Gasteiger partial charge in [0, 0.05) is 13.2 Å². The number of nitrogens with one attached hydrogen (secondary N) is 1. The standard InChI is InChI=1S/C12H19NO4/c14-9-5-8-13-10(15)12(11(16)17)6-3-1-2-4-7-12/h3,6,14H,1-2,4-5,7-9H2,(H,13,15)(H,16,17). The zero-order chi connectivity index (χ0) is 12.7. The summed E-state index contributed by atoms with van der Waals surface area (Å²) in [5.41, 5.74) is -1.42. The summed E-state index contributed by atoms with van der Waals surface area (Å²) < 4.78 is 0. The quantitative estimate of drug-likeness (QED) is 0.375. The van der Waals surface area contributed by atoms with Crippen molar-refractivity contribution in [2.75, 3.05) is 13.2 Å². The second kappa shape index (κ2) is 6.39. The van der Waals surface area contributed by atoms with Crippen molar-refractivity contribution in [2.24, 2.45) is 5.41 Å². The lowest BCUT2D eigenvalue weighted by molar-refractivity contribution is -0.152. The molecule has 1 atom stereocenters. The zero-order valence-electron chi connectivity index (χ0n) is 9.82. The molecule has 5 heteroatoms. The van der Waals surface area contributed by atoms with Gasteiger partial charge in [-0.05, 0) is 25.7 Å². The number of hydrogen-bond acceptors (Lipinski definition) is 3. The average molecular weight is 241 g/mol. The van der Waals surface area contributed by atoms with Crippen LogP contribution in [0.15, 0.2) is 12.2 Å². The van der Waals surface area contributed by atoms with Gasteiger partial charge in [0.1, 0.15) is 0 Å². The van der Waals surface area contributed by atoms with Crippen LogP contribution in [0.3, 0.4) is 0 Å². The van der Waals surface area contributed by atoms with E-state index in [9.17, 15) is 14.7 Å². The predicted molar refractivity (Wildman–Crippen MR) is 62.4 cm³/mol. The van der Waals surface area contributed by atoms with Gasteiger partial charge in [-0.1, -0.05) is 18.6 Å². The van der Waals surface area contributed by atoms with E-state index in [1.165, 1.54) is 6.08 Å². The third kappa shape index (κ3) is 3.30. The SMILES string of the molecule is O=C(O)C1(C(=O)NCCCO)C=CCCCC1. The van der Waals surface area contributed by atoms with Gasteiger partial charge in [-0.2, -0.15) is 0 Å². The molecule has 0 heterocycles. The molecule has 0 saturated heterocycles. The molecule has 96 valence electrons. The molecule has 3 N–H and O–H groups in total. The van der Waals surface area contributed by atoms with Crippen molar-refractivity contribution in [3.63, 3.8) is 0 Å². The molecule has 0 aromatic heterocycles. The van der Waals surface area contributed by atoms with Crippen molar-refractivity contribution in [1.82, 2.24) is 5.32 Å². The van der Waals surface area contributed by atoms with Gasteiger partial charge in [-0.3, -0.25) is 9.59 Å². The van der Waals surface area contributed by atoms with Crippen molar-refractivity contribution in [2.45, 2.75) is 32.1 Å². The maximum atomic E-state index is 12.0. The highest BCUT2D eigenvalue weighted by Crippen LogP contribution is 2.31. The summed E-state index contributed by atoms with van der Waals surface area (Å²) in [5, 5.41) is 20.5. The number of carboxylic acid groups (broad SMARTS) is 1. The van der Waals surface area contributed by atoms with Crippen LogP contribution in [0.2, 0.25) is 0 Å². The molecule has 0 aliphatic heterocycles. The Morgan fingerprint density at radius 1 is 1.35 bits per heavy atom. The first kappa shape index (κ1) is 13.7. The Bertz CT molecular complexity index is 314. The lowest BCUT2D eigenvalue weighted by Gasteiger charge is -2.23. The third-order valence-corrected chi connectivity index (χ3v) is 3.00. The lowest BCUT2D eigenvalue weighted by Crippen LogP contribution is -2.45. The molecule has 1 unspecified atom stereocenters. The number of aliphatic hydroxyl groups is 1. The molecule has 0 aromatic carbocycles. The molecule has 1 aliphatic carbocycles. The summed E-state index contributed by atoms with van der Waals surface area (Å²) >= 11 is 0. The number of carboxylic acids is 1. The van der Waals surface area contributed by atoms with E-state index in [0.29, 0.717) is 19.4 Å². The summed E-state index contributed by atoms with van der Waals surface area (Å²) in [6.07, 6.45) is 6.51. The van der Waals surface area contributed by atoms with Crippen molar-refractivity contribution in [3.05, 3.63) is 12.2 Å². The van der Waals surface area contributed by atoms with Crippen molar-refractivity contribution >= 4 is 11.9 Å². The van der Waals surface area contributed by atoms with Crippen LogP contribution in [0.25, 0.3) is 0 Å². The van der Waals surface area contributed by atoms with Gasteiger partial charge in [-0.25, -0.2) is 0 Å². The van der Waals surface area contributed by atoms with E-state index in [0.717, 1.165) is 19.3 Å². The molecule has 17 heavy (non-hydrogen) atoms. The predicted octanol–water partition coefficient (Wildman–Crippen LogP) is 0.686. The minimum Gasteiger partial charge on any atom is -0.480 e. The maximum absolute atomic E-state index is 12.0. The number of allylic oxidation sites excluding steroid dienone is 1. The van der Waals surface area contributed by atoms with E-state index in [4.69, 9.17) is 5.11 Å². The Kier molecular flexibility index (Phi) is 5.15. The minimum atomic E-state index is -1.42. The Labute approximate surface area is 101 Å². The molecule has 0 bridgehead atoms. The van der Waals surface area contributed by atoms with Crippen LogP contribution < -0.4 is 5.32 Å². The third-order valence-electron chi connectivity index (χ3n) is 3.00. The summed E-state index contributed by atoms with van der Waals surface area (Å²) in [6.45, 7) is 0.286. The fraction of sp³-hybridized carbons (Fsp3) is 0.667. The fourth-order valence-electron chi connectivity index (χ4n) is 1.94.